The fourth-order valence-corrected chi connectivity index (χ4v) is 1.90. The zero-order valence-corrected chi connectivity index (χ0v) is 13.5. The lowest BCUT2D eigenvalue weighted by Crippen LogP contribution is -2.13. The lowest BCUT2D eigenvalue weighted by Gasteiger charge is -2.14. The van der Waals surface area contributed by atoms with Crippen LogP contribution in [-0.2, 0) is 4.74 Å². The summed E-state index contributed by atoms with van der Waals surface area (Å²) >= 11 is 0. The van der Waals surface area contributed by atoms with Crippen LogP contribution in [0.5, 0.6) is 5.75 Å². The summed E-state index contributed by atoms with van der Waals surface area (Å²) in [4.78, 5) is 0. The molecule has 1 rings (SSSR count). The lowest BCUT2D eigenvalue weighted by molar-refractivity contribution is 0.0924. The quantitative estimate of drug-likeness (QED) is 0.699. The molecule has 3 nitrogen and oxygen atoms in total. The number of nitrogens with one attached hydrogen (secondary N) is 1. The number of aryl methyl sites for hydroxylation is 1. The van der Waals surface area contributed by atoms with E-state index in [1.54, 1.807) is 0 Å². The van der Waals surface area contributed by atoms with Crippen molar-refractivity contribution in [1.82, 2.24) is 5.32 Å². The van der Waals surface area contributed by atoms with Crippen LogP contribution < -0.4 is 10.1 Å². The predicted molar refractivity (Wildman–Crippen MR) is 84.4 cm³/mol. The zero-order valence-electron chi connectivity index (χ0n) is 13.5. The topological polar surface area (TPSA) is 30.5 Å². The lowest BCUT2D eigenvalue weighted by atomic mass is 10.1. The molecule has 0 aliphatic carbocycles. The van der Waals surface area contributed by atoms with Crippen molar-refractivity contribution >= 4 is 0 Å². The van der Waals surface area contributed by atoms with E-state index in [0.29, 0.717) is 25.2 Å². The maximum absolute atomic E-state index is 5.77. The molecular formula is C17H29NO2. The molecule has 0 spiro atoms. The van der Waals surface area contributed by atoms with Crippen molar-refractivity contribution in [3.63, 3.8) is 0 Å². The molecule has 1 aromatic rings. The third-order valence-electron chi connectivity index (χ3n) is 3.46. The van der Waals surface area contributed by atoms with Gasteiger partial charge in [-0.15, -0.1) is 0 Å². The fraction of sp³-hybridized carbons (Fsp3) is 0.647. The van der Waals surface area contributed by atoms with Gasteiger partial charge in [-0.2, -0.15) is 0 Å². The largest absolute Gasteiger partial charge is 0.491 e. The second-order valence-corrected chi connectivity index (χ2v) is 5.68. The average molecular weight is 279 g/mol. The third kappa shape index (κ3) is 5.93. The van der Waals surface area contributed by atoms with Gasteiger partial charge >= 0.3 is 0 Å². The molecule has 1 aromatic carbocycles. The van der Waals surface area contributed by atoms with E-state index in [-0.39, 0.29) is 0 Å². The maximum Gasteiger partial charge on any atom is 0.122 e. The normalized spacial score (nSPS) is 12.7. The molecule has 114 valence electrons. The molecule has 1 unspecified atom stereocenters. The van der Waals surface area contributed by atoms with Gasteiger partial charge in [0.05, 0.1) is 6.61 Å². The Morgan fingerprint density at radius 2 is 1.85 bits per heavy atom. The van der Waals surface area contributed by atoms with Gasteiger partial charge in [0, 0.05) is 12.6 Å². The van der Waals surface area contributed by atoms with Crippen molar-refractivity contribution in [3.8, 4) is 5.75 Å². The molecule has 0 radical (unpaired) electrons. The molecule has 0 amide bonds. The average Bonchev–Trinajstić information content (AvgIpc) is 2.42. The summed E-state index contributed by atoms with van der Waals surface area (Å²) in [5.41, 5.74) is 2.46. The van der Waals surface area contributed by atoms with Crippen molar-refractivity contribution < 1.29 is 9.47 Å². The van der Waals surface area contributed by atoms with Crippen molar-refractivity contribution in [2.45, 2.75) is 40.2 Å². The summed E-state index contributed by atoms with van der Waals surface area (Å²) < 4.78 is 11.3. The molecule has 0 aliphatic heterocycles. The van der Waals surface area contributed by atoms with Crippen LogP contribution >= 0.6 is 0 Å². The Morgan fingerprint density at radius 1 is 1.10 bits per heavy atom. The van der Waals surface area contributed by atoms with Gasteiger partial charge in [-0.25, -0.2) is 0 Å². The molecule has 3 heteroatoms. The standard InChI is InChI=1S/C17H29NO2/c1-13(2)8-9-19-10-11-20-17-7-6-16(12-14(17)3)15(4)18-5/h6-7,12-13,15,18H,8-11H2,1-5H3. The van der Waals surface area contributed by atoms with Crippen LogP contribution in [0.3, 0.4) is 0 Å². The number of rotatable bonds is 9. The summed E-state index contributed by atoms with van der Waals surface area (Å²) in [7, 11) is 1.97. The van der Waals surface area contributed by atoms with Gasteiger partial charge in [-0.3, -0.25) is 0 Å². The fourth-order valence-electron chi connectivity index (χ4n) is 1.90. The van der Waals surface area contributed by atoms with Crippen LogP contribution in [0, 0.1) is 12.8 Å². The molecule has 0 saturated carbocycles. The van der Waals surface area contributed by atoms with E-state index in [1.165, 1.54) is 11.1 Å². The van der Waals surface area contributed by atoms with E-state index in [4.69, 9.17) is 9.47 Å². The van der Waals surface area contributed by atoms with Gasteiger partial charge in [-0.05, 0) is 50.4 Å². The Kier molecular flexibility index (Phi) is 7.63. The van der Waals surface area contributed by atoms with E-state index < -0.39 is 0 Å². The summed E-state index contributed by atoms with van der Waals surface area (Å²) in [5, 5.41) is 3.24. The SMILES string of the molecule is CNC(C)c1ccc(OCCOCCC(C)C)c(C)c1. The van der Waals surface area contributed by atoms with Crippen molar-refractivity contribution in [2.24, 2.45) is 5.92 Å². The smallest absolute Gasteiger partial charge is 0.122 e. The first-order valence-electron chi connectivity index (χ1n) is 7.53. The van der Waals surface area contributed by atoms with Gasteiger partial charge in [-0.1, -0.05) is 26.0 Å². The van der Waals surface area contributed by atoms with Crippen LogP contribution in [0.1, 0.15) is 44.4 Å². The number of hydrogen-bond acceptors (Lipinski definition) is 3. The van der Waals surface area contributed by atoms with Crippen LogP contribution in [0.4, 0.5) is 0 Å². The highest BCUT2D eigenvalue weighted by molar-refractivity contribution is 5.37. The van der Waals surface area contributed by atoms with Crippen LogP contribution in [-0.4, -0.2) is 26.9 Å². The monoisotopic (exact) mass is 279 g/mol. The minimum absolute atomic E-state index is 0.363. The van der Waals surface area contributed by atoms with Gasteiger partial charge in [0.25, 0.3) is 0 Å². The molecule has 0 bridgehead atoms. The van der Waals surface area contributed by atoms with E-state index in [1.807, 2.05) is 13.1 Å². The third-order valence-corrected chi connectivity index (χ3v) is 3.46. The van der Waals surface area contributed by atoms with Crippen molar-refractivity contribution in [2.75, 3.05) is 26.9 Å². The van der Waals surface area contributed by atoms with Crippen molar-refractivity contribution in [3.05, 3.63) is 29.3 Å². The molecule has 0 heterocycles. The first-order valence-corrected chi connectivity index (χ1v) is 7.53. The van der Waals surface area contributed by atoms with Crippen LogP contribution in [0.25, 0.3) is 0 Å². The van der Waals surface area contributed by atoms with E-state index in [9.17, 15) is 0 Å². The van der Waals surface area contributed by atoms with Gasteiger partial charge in [0.1, 0.15) is 12.4 Å². The molecule has 0 aliphatic rings. The van der Waals surface area contributed by atoms with Crippen molar-refractivity contribution in [1.29, 1.82) is 0 Å². The predicted octanol–water partition coefficient (Wildman–Crippen LogP) is 3.72. The molecule has 0 aromatic heterocycles. The Hall–Kier alpha value is -1.06. The second-order valence-electron chi connectivity index (χ2n) is 5.68. The van der Waals surface area contributed by atoms with Crippen LogP contribution in [0.2, 0.25) is 0 Å². The minimum atomic E-state index is 0.363. The van der Waals surface area contributed by atoms with E-state index in [0.717, 1.165) is 18.8 Å². The number of ether oxygens (including phenoxy) is 2. The summed E-state index contributed by atoms with van der Waals surface area (Å²) in [6, 6.07) is 6.70. The second kappa shape index (κ2) is 8.98. The molecule has 20 heavy (non-hydrogen) atoms. The first kappa shape index (κ1) is 17.0. The summed E-state index contributed by atoms with van der Waals surface area (Å²) in [5.74, 6) is 1.64. The Balaban J connectivity index is 2.34. The van der Waals surface area contributed by atoms with Crippen LogP contribution in [0.15, 0.2) is 18.2 Å². The molecule has 0 fully saturated rings. The molecule has 1 atom stereocenters. The minimum Gasteiger partial charge on any atom is -0.491 e. The van der Waals surface area contributed by atoms with Gasteiger partial charge in [0.15, 0.2) is 0 Å². The Morgan fingerprint density at radius 3 is 2.45 bits per heavy atom. The molecular weight excluding hydrogens is 250 g/mol. The van der Waals surface area contributed by atoms with Gasteiger partial charge in [0.2, 0.25) is 0 Å². The number of hydrogen-bond donors (Lipinski definition) is 1. The zero-order chi connectivity index (χ0) is 15.0. The maximum atomic E-state index is 5.77. The Bertz CT molecular complexity index is 391. The summed E-state index contributed by atoms with van der Waals surface area (Å²) in [6.07, 6.45) is 1.11. The number of benzene rings is 1. The van der Waals surface area contributed by atoms with E-state index >= 15 is 0 Å². The summed E-state index contributed by atoms with van der Waals surface area (Å²) in [6.45, 7) is 10.7. The highest BCUT2D eigenvalue weighted by Crippen LogP contribution is 2.22. The molecule has 0 saturated heterocycles. The highest BCUT2D eigenvalue weighted by atomic mass is 16.5. The van der Waals surface area contributed by atoms with Gasteiger partial charge < -0.3 is 14.8 Å². The molecule has 1 N–H and O–H groups in total. The Labute approximate surface area is 123 Å². The highest BCUT2D eigenvalue weighted by Gasteiger charge is 2.06. The first-order chi connectivity index (χ1) is 9.54. The van der Waals surface area contributed by atoms with E-state index in [2.05, 4.69) is 45.1 Å².